The van der Waals surface area contributed by atoms with Gasteiger partial charge in [-0.2, -0.15) is 0 Å². The minimum Gasteiger partial charge on any atom is -0.481 e. The summed E-state index contributed by atoms with van der Waals surface area (Å²) in [6.45, 7) is 0. The summed E-state index contributed by atoms with van der Waals surface area (Å²) in [6.07, 6.45) is 1.92. The lowest BCUT2D eigenvalue weighted by molar-refractivity contribution is -0.136. The molecule has 6 nitrogen and oxygen atoms in total. The van der Waals surface area contributed by atoms with Crippen molar-refractivity contribution >= 4 is 17.2 Å². The van der Waals surface area contributed by atoms with E-state index in [1.54, 1.807) is 6.07 Å². The zero-order valence-electron chi connectivity index (χ0n) is 7.69. The fraction of sp³-hybridized carbons (Fsp3) is 0.222. The molecule has 0 unspecified atom stereocenters. The first kappa shape index (κ1) is 9.45. The lowest BCUT2D eigenvalue weighted by atomic mass is 10.1. The van der Waals surface area contributed by atoms with Crippen molar-refractivity contribution in [2.45, 2.75) is 12.8 Å². The molecule has 0 amide bonds. The van der Waals surface area contributed by atoms with Crippen molar-refractivity contribution < 1.29 is 14.3 Å². The second-order valence-corrected chi connectivity index (χ2v) is 3.10. The molecule has 0 fully saturated rings. The van der Waals surface area contributed by atoms with Gasteiger partial charge in [0.25, 0.3) is 0 Å². The highest BCUT2D eigenvalue weighted by atomic mass is 16.4. The number of carbonyl (C=O) groups is 1. The van der Waals surface area contributed by atoms with Crippen LogP contribution in [0, 0.1) is 0 Å². The second-order valence-electron chi connectivity index (χ2n) is 3.10. The zero-order valence-corrected chi connectivity index (χ0v) is 7.69. The number of aromatic nitrogens is 2. The molecule has 0 saturated heterocycles. The molecule has 15 heavy (non-hydrogen) atoms. The first-order chi connectivity index (χ1) is 7.15. The van der Waals surface area contributed by atoms with E-state index in [4.69, 9.17) is 9.52 Å². The van der Waals surface area contributed by atoms with Gasteiger partial charge in [-0.25, -0.2) is 9.78 Å². The van der Waals surface area contributed by atoms with Crippen molar-refractivity contribution in [2.75, 3.05) is 0 Å². The summed E-state index contributed by atoms with van der Waals surface area (Å²) in [5.41, 5.74) is 1.48. The van der Waals surface area contributed by atoms with Crippen LogP contribution < -0.4 is 5.76 Å². The highest BCUT2D eigenvalue weighted by Crippen LogP contribution is 2.10. The first-order valence-corrected chi connectivity index (χ1v) is 4.35. The van der Waals surface area contributed by atoms with Crippen LogP contribution in [-0.2, 0) is 11.2 Å². The fourth-order valence-electron chi connectivity index (χ4n) is 1.28. The van der Waals surface area contributed by atoms with Gasteiger partial charge < -0.3 is 9.52 Å². The monoisotopic (exact) mass is 208 g/mol. The van der Waals surface area contributed by atoms with Crippen LogP contribution in [0.5, 0.6) is 0 Å². The van der Waals surface area contributed by atoms with Gasteiger partial charge in [0, 0.05) is 12.6 Å². The van der Waals surface area contributed by atoms with Crippen molar-refractivity contribution in [3.05, 3.63) is 28.4 Å². The Morgan fingerprint density at radius 2 is 2.40 bits per heavy atom. The number of aromatic amines is 1. The number of rotatable bonds is 3. The van der Waals surface area contributed by atoms with Crippen molar-refractivity contribution in [1.82, 2.24) is 9.97 Å². The van der Waals surface area contributed by atoms with E-state index in [9.17, 15) is 9.59 Å². The normalized spacial score (nSPS) is 10.7. The number of hydrogen-bond acceptors (Lipinski definition) is 4. The summed E-state index contributed by atoms with van der Waals surface area (Å²) < 4.78 is 4.71. The highest BCUT2D eigenvalue weighted by Gasteiger charge is 2.04. The Morgan fingerprint density at radius 1 is 1.60 bits per heavy atom. The second kappa shape index (κ2) is 3.56. The molecular formula is C9H8N2O4. The molecule has 2 heterocycles. The Morgan fingerprint density at radius 3 is 3.13 bits per heavy atom. The molecule has 0 aliphatic rings. The number of pyridine rings is 1. The van der Waals surface area contributed by atoms with E-state index in [0.29, 0.717) is 11.9 Å². The number of carboxylic acids is 1. The predicted molar refractivity (Wildman–Crippen MR) is 50.6 cm³/mol. The van der Waals surface area contributed by atoms with E-state index in [2.05, 4.69) is 9.97 Å². The first-order valence-electron chi connectivity index (χ1n) is 4.35. The maximum atomic E-state index is 10.8. The summed E-state index contributed by atoms with van der Waals surface area (Å²) >= 11 is 0. The Labute approximate surface area is 83.6 Å². The minimum atomic E-state index is -0.865. The quantitative estimate of drug-likeness (QED) is 0.767. The van der Waals surface area contributed by atoms with Gasteiger partial charge in [0.15, 0.2) is 0 Å². The van der Waals surface area contributed by atoms with Gasteiger partial charge in [0.1, 0.15) is 5.52 Å². The van der Waals surface area contributed by atoms with Crippen LogP contribution in [0.3, 0.4) is 0 Å². The number of hydrogen-bond donors (Lipinski definition) is 2. The van der Waals surface area contributed by atoms with Gasteiger partial charge >= 0.3 is 11.7 Å². The number of aryl methyl sites for hydroxylation is 1. The number of aliphatic carboxylic acids is 1. The van der Waals surface area contributed by atoms with Gasteiger partial charge in [-0.1, -0.05) is 0 Å². The molecule has 0 aliphatic heterocycles. The van der Waals surface area contributed by atoms with E-state index >= 15 is 0 Å². The smallest absolute Gasteiger partial charge is 0.418 e. The molecule has 6 heteroatoms. The molecule has 0 bridgehead atoms. The average molecular weight is 208 g/mol. The molecule has 0 atom stereocenters. The third kappa shape index (κ3) is 2.04. The van der Waals surface area contributed by atoms with Crippen LogP contribution in [-0.4, -0.2) is 21.0 Å². The Bertz CT molecular complexity index is 554. The molecular weight excluding hydrogens is 200 g/mol. The van der Waals surface area contributed by atoms with Crippen molar-refractivity contribution in [1.29, 1.82) is 0 Å². The summed E-state index contributed by atoms with van der Waals surface area (Å²) in [5.74, 6) is -1.43. The number of nitrogens with one attached hydrogen (secondary N) is 1. The third-order valence-electron chi connectivity index (χ3n) is 1.96. The topological polar surface area (TPSA) is 96.2 Å². The van der Waals surface area contributed by atoms with Crippen LogP contribution in [0.4, 0.5) is 0 Å². The summed E-state index contributed by atoms with van der Waals surface area (Å²) in [4.78, 5) is 27.5. The van der Waals surface area contributed by atoms with Gasteiger partial charge in [-0.3, -0.25) is 9.78 Å². The Balaban J connectivity index is 2.30. The van der Waals surface area contributed by atoms with Gasteiger partial charge in [-0.15, -0.1) is 0 Å². The molecule has 2 aromatic heterocycles. The van der Waals surface area contributed by atoms with Crippen LogP contribution in [0.25, 0.3) is 11.2 Å². The molecule has 78 valence electrons. The maximum Gasteiger partial charge on any atom is 0.418 e. The standard InChI is InChI=1S/C9H8N2O4/c12-7(13)2-1-5-3-6-8(10-4-5)15-9(14)11-6/h3-4H,1-2H2,(H,11,14)(H,12,13). The molecule has 0 spiro atoms. The van der Waals surface area contributed by atoms with Crippen molar-refractivity contribution in [3.8, 4) is 0 Å². The van der Waals surface area contributed by atoms with Gasteiger partial charge in [0.2, 0.25) is 5.71 Å². The number of nitrogens with zero attached hydrogens (tertiary/aromatic N) is 1. The van der Waals surface area contributed by atoms with Crippen LogP contribution in [0.1, 0.15) is 12.0 Å². The van der Waals surface area contributed by atoms with E-state index < -0.39 is 11.7 Å². The molecule has 2 N–H and O–H groups in total. The van der Waals surface area contributed by atoms with Crippen molar-refractivity contribution in [3.63, 3.8) is 0 Å². The van der Waals surface area contributed by atoms with E-state index in [-0.39, 0.29) is 12.1 Å². The predicted octanol–water partition coefficient (Wildman–Crippen LogP) is 0.533. The summed E-state index contributed by atoms with van der Waals surface area (Å²) in [7, 11) is 0. The zero-order chi connectivity index (χ0) is 10.8. The molecule has 0 radical (unpaired) electrons. The maximum absolute atomic E-state index is 10.8. The SMILES string of the molecule is O=C(O)CCc1cnc2oc(=O)[nH]c2c1. The number of oxazole rings is 1. The van der Waals surface area contributed by atoms with Crippen LogP contribution in [0.15, 0.2) is 21.5 Å². The highest BCUT2D eigenvalue weighted by molar-refractivity contribution is 5.69. The molecule has 0 saturated carbocycles. The molecule has 0 aliphatic carbocycles. The largest absolute Gasteiger partial charge is 0.481 e. The Hall–Kier alpha value is -2.11. The summed E-state index contributed by atoms with van der Waals surface area (Å²) in [5, 5.41) is 8.50. The van der Waals surface area contributed by atoms with E-state index in [0.717, 1.165) is 5.56 Å². The third-order valence-corrected chi connectivity index (χ3v) is 1.96. The number of fused-ring (bicyclic) bond motifs is 1. The van der Waals surface area contributed by atoms with E-state index in [1.165, 1.54) is 6.20 Å². The molecule has 2 aromatic rings. The Kier molecular flexibility index (Phi) is 2.24. The lowest BCUT2D eigenvalue weighted by Crippen LogP contribution is -1.97. The molecule has 0 aromatic carbocycles. The summed E-state index contributed by atoms with van der Waals surface area (Å²) in [6, 6.07) is 1.66. The van der Waals surface area contributed by atoms with Crippen molar-refractivity contribution in [2.24, 2.45) is 0 Å². The minimum absolute atomic E-state index is 0.0370. The number of H-pyrrole nitrogens is 1. The van der Waals surface area contributed by atoms with Gasteiger partial charge in [-0.05, 0) is 18.1 Å². The lowest BCUT2D eigenvalue weighted by Gasteiger charge is -1.96. The van der Waals surface area contributed by atoms with E-state index in [1.807, 2.05) is 0 Å². The van der Waals surface area contributed by atoms with Crippen LogP contribution >= 0.6 is 0 Å². The average Bonchev–Trinajstić information content (AvgIpc) is 2.53. The van der Waals surface area contributed by atoms with Gasteiger partial charge in [0.05, 0.1) is 0 Å². The van der Waals surface area contributed by atoms with Crippen LogP contribution in [0.2, 0.25) is 0 Å². The molecule has 2 rings (SSSR count). The fourth-order valence-corrected chi connectivity index (χ4v) is 1.28. The number of carboxylic acid groups (broad SMARTS) is 1.